The molecule has 0 bridgehead atoms. The molecule has 7 heteroatoms. The summed E-state index contributed by atoms with van der Waals surface area (Å²) in [6, 6.07) is 19.7. The van der Waals surface area contributed by atoms with Gasteiger partial charge in [-0.15, -0.1) is 11.8 Å². The third kappa shape index (κ3) is 6.26. The Morgan fingerprint density at radius 2 is 1.74 bits per heavy atom. The highest BCUT2D eigenvalue weighted by atomic mass is 35.5. The van der Waals surface area contributed by atoms with Gasteiger partial charge in [0.1, 0.15) is 5.75 Å². The number of amides is 2. The van der Waals surface area contributed by atoms with Gasteiger partial charge in [0, 0.05) is 26.9 Å². The molecule has 0 saturated heterocycles. The molecule has 1 unspecified atom stereocenters. The minimum atomic E-state index is -0.310. The Kier molecular flexibility index (Phi) is 7.60. The third-order valence-corrected chi connectivity index (χ3v) is 5.93. The van der Waals surface area contributed by atoms with Gasteiger partial charge in [0.05, 0.1) is 12.4 Å². The minimum absolute atomic E-state index is 0.106. The van der Waals surface area contributed by atoms with E-state index in [1.54, 1.807) is 43.5 Å². The zero-order valence-corrected chi connectivity index (χ0v) is 19.0. The largest absolute Gasteiger partial charge is 0.497 e. The molecule has 0 radical (unpaired) electrons. The zero-order valence-electron chi connectivity index (χ0n) is 17.4. The Labute approximate surface area is 191 Å². The fourth-order valence-corrected chi connectivity index (χ4v) is 3.84. The van der Waals surface area contributed by atoms with Crippen LogP contribution in [0.3, 0.4) is 0 Å². The van der Waals surface area contributed by atoms with Crippen LogP contribution >= 0.6 is 23.4 Å². The first-order valence-corrected chi connectivity index (χ1v) is 10.9. The lowest BCUT2D eigenvalue weighted by Gasteiger charge is -2.14. The lowest BCUT2D eigenvalue weighted by atomic mass is 10.2. The standard InChI is InChI=1S/C24H23ClN2O3S/c1-15-7-8-18(25)14-22(15)27-23(28)16(2)31-21-11-9-19(10-12-21)26-24(29)17-5-4-6-20(13-17)30-3/h4-14,16H,1-3H3,(H,26,29)(H,27,28). The molecule has 0 aliphatic carbocycles. The summed E-state index contributed by atoms with van der Waals surface area (Å²) in [5.41, 5.74) is 2.84. The SMILES string of the molecule is COc1cccc(C(=O)Nc2ccc(SC(C)C(=O)Nc3cc(Cl)ccc3C)cc2)c1. The van der Waals surface area contributed by atoms with Crippen molar-refractivity contribution in [1.29, 1.82) is 0 Å². The summed E-state index contributed by atoms with van der Waals surface area (Å²) in [7, 11) is 1.56. The van der Waals surface area contributed by atoms with Crippen LogP contribution in [0.15, 0.2) is 71.6 Å². The van der Waals surface area contributed by atoms with Gasteiger partial charge in [-0.2, -0.15) is 0 Å². The molecular formula is C24H23ClN2O3S. The number of aryl methyl sites for hydroxylation is 1. The molecule has 0 spiro atoms. The number of carbonyl (C=O) groups is 2. The summed E-state index contributed by atoms with van der Waals surface area (Å²) >= 11 is 7.46. The van der Waals surface area contributed by atoms with Gasteiger partial charge in [0.2, 0.25) is 5.91 Å². The van der Waals surface area contributed by atoms with Crippen LogP contribution in [0, 0.1) is 6.92 Å². The Morgan fingerprint density at radius 1 is 1.00 bits per heavy atom. The molecule has 2 amide bonds. The van der Waals surface area contributed by atoms with Crippen molar-refractivity contribution in [3.05, 3.63) is 82.9 Å². The minimum Gasteiger partial charge on any atom is -0.497 e. The number of carbonyl (C=O) groups excluding carboxylic acids is 2. The maximum Gasteiger partial charge on any atom is 0.255 e. The van der Waals surface area contributed by atoms with E-state index >= 15 is 0 Å². The molecule has 5 nitrogen and oxygen atoms in total. The van der Waals surface area contributed by atoms with Gasteiger partial charge in [0.15, 0.2) is 0 Å². The van der Waals surface area contributed by atoms with Crippen LogP contribution in [0.2, 0.25) is 5.02 Å². The van der Waals surface area contributed by atoms with Gasteiger partial charge in [-0.1, -0.05) is 23.7 Å². The second kappa shape index (κ2) is 10.4. The van der Waals surface area contributed by atoms with Crippen molar-refractivity contribution in [3.63, 3.8) is 0 Å². The van der Waals surface area contributed by atoms with Crippen molar-refractivity contribution >= 4 is 46.6 Å². The lowest BCUT2D eigenvalue weighted by molar-refractivity contribution is -0.115. The molecule has 2 N–H and O–H groups in total. The van der Waals surface area contributed by atoms with E-state index in [9.17, 15) is 9.59 Å². The van der Waals surface area contributed by atoms with Crippen LogP contribution in [-0.4, -0.2) is 24.2 Å². The maximum atomic E-state index is 12.6. The van der Waals surface area contributed by atoms with Crippen molar-refractivity contribution in [1.82, 2.24) is 0 Å². The van der Waals surface area contributed by atoms with E-state index < -0.39 is 0 Å². The van der Waals surface area contributed by atoms with E-state index in [0.717, 1.165) is 10.5 Å². The molecule has 3 rings (SSSR count). The average Bonchev–Trinajstić information content (AvgIpc) is 2.77. The first-order chi connectivity index (χ1) is 14.9. The van der Waals surface area contributed by atoms with Crippen molar-refractivity contribution in [3.8, 4) is 5.75 Å². The number of halogens is 1. The number of hydrogen-bond acceptors (Lipinski definition) is 4. The Balaban J connectivity index is 1.58. The van der Waals surface area contributed by atoms with Gasteiger partial charge in [-0.05, 0) is 74.0 Å². The first kappa shape index (κ1) is 22.7. The van der Waals surface area contributed by atoms with Crippen LogP contribution in [0.4, 0.5) is 11.4 Å². The van der Waals surface area contributed by atoms with E-state index in [1.165, 1.54) is 11.8 Å². The predicted octanol–water partition coefficient (Wildman–Crippen LogP) is 6.03. The van der Waals surface area contributed by atoms with Gasteiger partial charge in [-0.25, -0.2) is 0 Å². The van der Waals surface area contributed by atoms with E-state index in [-0.39, 0.29) is 17.1 Å². The van der Waals surface area contributed by atoms with Crippen molar-refractivity contribution < 1.29 is 14.3 Å². The predicted molar refractivity (Wildman–Crippen MR) is 128 cm³/mol. The van der Waals surface area contributed by atoms with Crippen LogP contribution in [0.1, 0.15) is 22.8 Å². The molecule has 0 aromatic heterocycles. The molecule has 160 valence electrons. The second-order valence-corrected chi connectivity index (χ2v) is 8.77. The van der Waals surface area contributed by atoms with Crippen LogP contribution in [-0.2, 0) is 4.79 Å². The fourth-order valence-electron chi connectivity index (χ4n) is 2.81. The number of ether oxygens (including phenoxy) is 1. The molecule has 0 heterocycles. The third-order valence-electron chi connectivity index (χ3n) is 4.58. The molecule has 3 aromatic rings. The molecule has 1 atom stereocenters. The van der Waals surface area contributed by atoms with E-state index in [4.69, 9.17) is 16.3 Å². The number of rotatable bonds is 7. The highest BCUT2D eigenvalue weighted by molar-refractivity contribution is 8.00. The van der Waals surface area contributed by atoms with Crippen molar-refractivity contribution in [2.75, 3.05) is 17.7 Å². The molecular weight excluding hydrogens is 432 g/mol. The summed E-state index contributed by atoms with van der Waals surface area (Å²) in [4.78, 5) is 25.9. The van der Waals surface area contributed by atoms with Gasteiger partial charge < -0.3 is 15.4 Å². The first-order valence-electron chi connectivity index (χ1n) is 9.65. The number of nitrogens with one attached hydrogen (secondary N) is 2. The van der Waals surface area contributed by atoms with Crippen molar-refractivity contribution in [2.45, 2.75) is 24.0 Å². The Morgan fingerprint density at radius 3 is 2.45 bits per heavy atom. The number of hydrogen-bond donors (Lipinski definition) is 2. The highest BCUT2D eigenvalue weighted by Crippen LogP contribution is 2.27. The number of benzene rings is 3. The van der Waals surface area contributed by atoms with Gasteiger partial charge in [0.25, 0.3) is 5.91 Å². The summed E-state index contributed by atoms with van der Waals surface area (Å²) in [6.45, 7) is 3.76. The maximum absolute atomic E-state index is 12.6. The van der Waals surface area contributed by atoms with E-state index in [0.29, 0.717) is 27.7 Å². The highest BCUT2D eigenvalue weighted by Gasteiger charge is 2.16. The smallest absolute Gasteiger partial charge is 0.255 e. The molecule has 3 aromatic carbocycles. The van der Waals surface area contributed by atoms with Crippen LogP contribution in [0.5, 0.6) is 5.75 Å². The Bertz CT molecular complexity index is 1090. The van der Waals surface area contributed by atoms with Crippen molar-refractivity contribution in [2.24, 2.45) is 0 Å². The molecule has 0 fully saturated rings. The molecule has 0 aliphatic heterocycles. The summed E-state index contributed by atoms with van der Waals surface area (Å²) in [6.07, 6.45) is 0. The fraction of sp³-hybridized carbons (Fsp3) is 0.167. The van der Waals surface area contributed by atoms with Gasteiger partial charge in [-0.3, -0.25) is 9.59 Å². The number of thioether (sulfide) groups is 1. The molecule has 0 aliphatic rings. The Hall–Kier alpha value is -2.96. The average molecular weight is 455 g/mol. The van der Waals surface area contributed by atoms with Gasteiger partial charge >= 0.3 is 0 Å². The molecule has 31 heavy (non-hydrogen) atoms. The lowest BCUT2D eigenvalue weighted by Crippen LogP contribution is -2.22. The zero-order chi connectivity index (χ0) is 22.4. The topological polar surface area (TPSA) is 67.4 Å². The molecule has 0 saturated carbocycles. The summed E-state index contributed by atoms with van der Waals surface area (Å²) < 4.78 is 5.15. The second-order valence-electron chi connectivity index (χ2n) is 6.92. The van der Waals surface area contributed by atoms with Crippen LogP contribution < -0.4 is 15.4 Å². The number of anilines is 2. The normalized spacial score (nSPS) is 11.5. The van der Waals surface area contributed by atoms with E-state index in [2.05, 4.69) is 10.6 Å². The van der Waals surface area contributed by atoms with Crippen LogP contribution in [0.25, 0.3) is 0 Å². The number of methoxy groups -OCH3 is 1. The van der Waals surface area contributed by atoms with E-state index in [1.807, 2.05) is 44.2 Å². The monoisotopic (exact) mass is 454 g/mol. The quantitative estimate of drug-likeness (QED) is 0.428. The summed E-state index contributed by atoms with van der Waals surface area (Å²) in [5.74, 6) is 0.300. The summed E-state index contributed by atoms with van der Waals surface area (Å²) in [5, 5.41) is 6.05.